The maximum atomic E-state index is 13.4. The third-order valence-electron chi connectivity index (χ3n) is 2.17. The lowest BCUT2D eigenvalue weighted by Gasteiger charge is -2.11. The van der Waals surface area contributed by atoms with E-state index in [1.54, 1.807) is 12.1 Å². The largest absolute Gasteiger partial charge is 0.453 e. The summed E-state index contributed by atoms with van der Waals surface area (Å²) in [6.07, 6.45) is 0. The van der Waals surface area contributed by atoms with Crippen molar-refractivity contribution in [2.24, 2.45) is 0 Å². The standard InChI is InChI=1S/C12H7BrCl2FNO/c13-7-4-10(17)12(5-9(7)16)18-11-3-6(14)1-2-8(11)15/h1-5H,17H2. The zero-order chi connectivity index (χ0) is 13.3. The Morgan fingerprint density at radius 2 is 1.83 bits per heavy atom. The highest BCUT2D eigenvalue weighted by atomic mass is 79.9. The zero-order valence-electron chi connectivity index (χ0n) is 8.88. The van der Waals surface area contributed by atoms with Crippen molar-refractivity contribution >= 4 is 44.8 Å². The van der Waals surface area contributed by atoms with E-state index in [1.165, 1.54) is 18.2 Å². The molecular formula is C12H7BrCl2FNO. The molecule has 0 aliphatic heterocycles. The van der Waals surface area contributed by atoms with Gasteiger partial charge in [-0.25, -0.2) is 4.39 Å². The lowest BCUT2D eigenvalue weighted by Crippen LogP contribution is -1.94. The van der Waals surface area contributed by atoms with Gasteiger partial charge in [-0.05, 0) is 34.1 Å². The minimum atomic E-state index is -0.475. The fourth-order valence-electron chi connectivity index (χ4n) is 1.31. The second-order valence-corrected chi connectivity index (χ2v) is 5.18. The maximum absolute atomic E-state index is 13.4. The van der Waals surface area contributed by atoms with Gasteiger partial charge in [-0.3, -0.25) is 0 Å². The van der Waals surface area contributed by atoms with Crippen LogP contribution >= 0.6 is 39.1 Å². The molecule has 0 fully saturated rings. The smallest absolute Gasteiger partial charge is 0.153 e. The summed E-state index contributed by atoms with van der Waals surface area (Å²) in [5.74, 6) is 0.0230. The van der Waals surface area contributed by atoms with E-state index >= 15 is 0 Å². The number of nitrogen functional groups attached to an aromatic ring is 1. The highest BCUT2D eigenvalue weighted by Crippen LogP contribution is 2.36. The fourth-order valence-corrected chi connectivity index (χ4v) is 1.99. The van der Waals surface area contributed by atoms with Crippen LogP contribution in [0.5, 0.6) is 11.5 Å². The summed E-state index contributed by atoms with van der Waals surface area (Å²) in [6, 6.07) is 7.34. The minimum Gasteiger partial charge on any atom is -0.453 e. The monoisotopic (exact) mass is 349 g/mol. The number of anilines is 1. The van der Waals surface area contributed by atoms with Crippen molar-refractivity contribution in [1.82, 2.24) is 0 Å². The van der Waals surface area contributed by atoms with Gasteiger partial charge in [-0.1, -0.05) is 23.2 Å². The Labute approximate surface area is 122 Å². The molecule has 0 radical (unpaired) electrons. The summed E-state index contributed by atoms with van der Waals surface area (Å²) >= 11 is 14.8. The molecule has 94 valence electrons. The molecule has 0 amide bonds. The molecule has 2 aromatic carbocycles. The molecule has 0 heterocycles. The second kappa shape index (κ2) is 5.34. The molecule has 0 aliphatic carbocycles. The van der Waals surface area contributed by atoms with Gasteiger partial charge in [-0.2, -0.15) is 0 Å². The van der Waals surface area contributed by atoms with Crippen LogP contribution < -0.4 is 10.5 Å². The number of nitrogens with two attached hydrogens (primary N) is 1. The van der Waals surface area contributed by atoms with Crippen LogP contribution in [0.3, 0.4) is 0 Å². The molecule has 2 aromatic rings. The summed E-state index contributed by atoms with van der Waals surface area (Å²) in [5.41, 5.74) is 6.02. The molecule has 0 aliphatic rings. The van der Waals surface area contributed by atoms with Gasteiger partial charge in [0.2, 0.25) is 0 Å². The van der Waals surface area contributed by atoms with Gasteiger partial charge in [0.25, 0.3) is 0 Å². The number of rotatable bonds is 2. The highest BCUT2D eigenvalue weighted by molar-refractivity contribution is 9.10. The Kier molecular flexibility index (Phi) is 4.00. The Hall–Kier alpha value is -0.970. The molecule has 0 spiro atoms. The lowest BCUT2D eigenvalue weighted by molar-refractivity contribution is 0.479. The van der Waals surface area contributed by atoms with Gasteiger partial charge in [-0.15, -0.1) is 0 Å². The number of hydrogen-bond donors (Lipinski definition) is 1. The van der Waals surface area contributed by atoms with Crippen LogP contribution in [0.2, 0.25) is 10.0 Å². The van der Waals surface area contributed by atoms with Crippen LogP contribution in [0.25, 0.3) is 0 Å². The van der Waals surface area contributed by atoms with Crippen molar-refractivity contribution in [2.75, 3.05) is 5.73 Å². The highest BCUT2D eigenvalue weighted by Gasteiger charge is 2.10. The summed E-state index contributed by atoms with van der Waals surface area (Å²) in [7, 11) is 0. The van der Waals surface area contributed by atoms with Crippen LogP contribution in [-0.4, -0.2) is 0 Å². The molecular weight excluding hydrogens is 344 g/mol. The molecule has 18 heavy (non-hydrogen) atoms. The SMILES string of the molecule is Nc1cc(Br)c(F)cc1Oc1cc(Cl)ccc1Cl. The predicted octanol–water partition coefficient (Wildman–Crippen LogP) is 5.27. The first-order valence-corrected chi connectivity index (χ1v) is 6.39. The van der Waals surface area contributed by atoms with Crippen molar-refractivity contribution < 1.29 is 9.13 Å². The van der Waals surface area contributed by atoms with Gasteiger partial charge in [0, 0.05) is 17.2 Å². The van der Waals surface area contributed by atoms with Crippen molar-refractivity contribution in [1.29, 1.82) is 0 Å². The molecule has 2 rings (SSSR count). The van der Waals surface area contributed by atoms with E-state index in [0.29, 0.717) is 21.5 Å². The van der Waals surface area contributed by atoms with Crippen LogP contribution in [0.15, 0.2) is 34.8 Å². The number of hydrogen-bond acceptors (Lipinski definition) is 2. The number of halogens is 4. The Morgan fingerprint density at radius 3 is 2.56 bits per heavy atom. The van der Waals surface area contributed by atoms with Crippen molar-refractivity contribution in [2.45, 2.75) is 0 Å². The third-order valence-corrected chi connectivity index (χ3v) is 3.32. The molecule has 2 nitrogen and oxygen atoms in total. The van der Waals surface area contributed by atoms with Gasteiger partial charge in [0.05, 0.1) is 15.2 Å². The van der Waals surface area contributed by atoms with Gasteiger partial charge >= 0.3 is 0 Å². The average molecular weight is 351 g/mol. The zero-order valence-corrected chi connectivity index (χ0v) is 12.0. The normalized spacial score (nSPS) is 10.4. The van der Waals surface area contributed by atoms with Gasteiger partial charge < -0.3 is 10.5 Å². The van der Waals surface area contributed by atoms with Gasteiger partial charge in [0.15, 0.2) is 5.75 Å². The summed E-state index contributed by atoms with van der Waals surface area (Å²) < 4.78 is 19.1. The van der Waals surface area contributed by atoms with Crippen LogP contribution in [0.1, 0.15) is 0 Å². The van der Waals surface area contributed by atoms with E-state index in [4.69, 9.17) is 33.7 Å². The molecule has 2 N–H and O–H groups in total. The molecule has 0 atom stereocenters. The summed E-state index contributed by atoms with van der Waals surface area (Å²) in [5, 5.41) is 0.827. The quantitative estimate of drug-likeness (QED) is 0.749. The number of ether oxygens (including phenoxy) is 1. The van der Waals surface area contributed by atoms with Crippen molar-refractivity contribution in [3.05, 3.63) is 50.7 Å². The van der Waals surface area contributed by atoms with Crippen molar-refractivity contribution in [3.63, 3.8) is 0 Å². The molecule has 0 unspecified atom stereocenters. The molecule has 0 saturated heterocycles. The van der Waals surface area contributed by atoms with E-state index in [0.717, 1.165) is 0 Å². The van der Waals surface area contributed by atoms with Crippen LogP contribution in [-0.2, 0) is 0 Å². The van der Waals surface area contributed by atoms with Crippen molar-refractivity contribution in [3.8, 4) is 11.5 Å². The molecule has 0 saturated carbocycles. The second-order valence-electron chi connectivity index (χ2n) is 3.48. The van der Waals surface area contributed by atoms with Gasteiger partial charge in [0.1, 0.15) is 11.6 Å². The first-order valence-electron chi connectivity index (χ1n) is 4.85. The van der Waals surface area contributed by atoms with E-state index < -0.39 is 5.82 Å². The lowest BCUT2D eigenvalue weighted by atomic mass is 10.3. The van der Waals surface area contributed by atoms with E-state index in [1.807, 2.05) is 0 Å². The molecule has 0 aromatic heterocycles. The first kappa shape index (κ1) is 13.5. The molecule has 0 bridgehead atoms. The Balaban J connectivity index is 2.40. The first-order chi connectivity index (χ1) is 8.47. The minimum absolute atomic E-state index is 0.180. The van der Waals surface area contributed by atoms with Crippen LogP contribution in [0.4, 0.5) is 10.1 Å². The third kappa shape index (κ3) is 2.88. The fraction of sp³-hybridized carbons (Fsp3) is 0. The maximum Gasteiger partial charge on any atom is 0.153 e. The topological polar surface area (TPSA) is 35.2 Å². The van der Waals surface area contributed by atoms with E-state index in [9.17, 15) is 4.39 Å². The molecule has 6 heteroatoms. The van der Waals surface area contributed by atoms with E-state index in [2.05, 4.69) is 15.9 Å². The van der Waals surface area contributed by atoms with E-state index in [-0.39, 0.29) is 10.2 Å². The summed E-state index contributed by atoms with van der Waals surface area (Å²) in [4.78, 5) is 0. The summed E-state index contributed by atoms with van der Waals surface area (Å²) in [6.45, 7) is 0. The van der Waals surface area contributed by atoms with Crippen LogP contribution in [0, 0.1) is 5.82 Å². The average Bonchev–Trinajstić information content (AvgIpc) is 2.30. The Bertz CT molecular complexity index is 607. The number of benzene rings is 2. The Morgan fingerprint density at radius 1 is 1.11 bits per heavy atom. The predicted molar refractivity (Wildman–Crippen MR) is 75.0 cm³/mol.